The van der Waals surface area contributed by atoms with Crippen molar-refractivity contribution < 1.29 is 32.3 Å². The van der Waals surface area contributed by atoms with Crippen LogP contribution in [0.3, 0.4) is 0 Å². The highest BCUT2D eigenvalue weighted by atomic mass is 19.4. The first-order valence-electron chi connectivity index (χ1n) is 13.2. The zero-order valence-electron chi connectivity index (χ0n) is 20.6. The van der Waals surface area contributed by atoms with E-state index in [9.17, 15) is 27.6 Å². The molecule has 0 aromatic heterocycles. The first-order chi connectivity index (χ1) is 17.7. The Labute approximate surface area is 213 Å². The molecule has 1 N–H and O–H groups in total. The minimum Gasteiger partial charge on any atom is -0.376 e. The highest BCUT2D eigenvalue weighted by Crippen LogP contribution is 2.39. The summed E-state index contributed by atoms with van der Waals surface area (Å²) >= 11 is 0. The number of piperidine rings is 1. The predicted octanol–water partition coefficient (Wildman–Crippen LogP) is 3.98. The van der Waals surface area contributed by atoms with Crippen LogP contribution in [0.25, 0.3) is 0 Å². The van der Waals surface area contributed by atoms with Gasteiger partial charge in [0, 0.05) is 37.8 Å². The van der Waals surface area contributed by atoms with E-state index in [2.05, 4.69) is 5.32 Å². The molecule has 1 aliphatic carbocycles. The molecule has 200 valence electrons. The third kappa shape index (κ3) is 5.73. The van der Waals surface area contributed by atoms with Gasteiger partial charge in [0.05, 0.1) is 18.1 Å². The van der Waals surface area contributed by atoms with Crippen molar-refractivity contribution in [1.29, 1.82) is 0 Å². The molecule has 4 aliphatic rings. The lowest BCUT2D eigenvalue weighted by Gasteiger charge is -2.31. The number of halogens is 3. The average molecular weight is 520 g/mol. The molecule has 3 atom stereocenters. The summed E-state index contributed by atoms with van der Waals surface area (Å²) < 4.78 is 44.9. The number of carbonyl (C=O) groups is 3. The summed E-state index contributed by atoms with van der Waals surface area (Å²) in [5, 5.41) is 2.32. The SMILES string of the molecule is O=C1CCC(N2Cc3cc(C[C@H]4OCCC[C@@H]4/N=C/C4CCC(C(F)(F)F)CC4)ccc3C2=O)C(=O)N1. The van der Waals surface area contributed by atoms with Gasteiger partial charge in [-0.25, -0.2) is 0 Å². The number of amides is 3. The quantitative estimate of drug-likeness (QED) is 0.471. The summed E-state index contributed by atoms with van der Waals surface area (Å²) in [5.74, 6) is -2.06. The van der Waals surface area contributed by atoms with Crippen LogP contribution in [0.4, 0.5) is 13.2 Å². The summed E-state index contributed by atoms with van der Waals surface area (Å²) in [6, 6.07) is 4.98. The van der Waals surface area contributed by atoms with Crippen molar-refractivity contribution in [1.82, 2.24) is 10.2 Å². The van der Waals surface area contributed by atoms with Gasteiger partial charge in [-0.3, -0.25) is 24.7 Å². The number of ether oxygens (including phenoxy) is 1. The molecule has 1 unspecified atom stereocenters. The molecule has 1 aromatic carbocycles. The van der Waals surface area contributed by atoms with Crippen LogP contribution in [0, 0.1) is 11.8 Å². The van der Waals surface area contributed by atoms with Gasteiger partial charge >= 0.3 is 6.18 Å². The zero-order valence-corrected chi connectivity index (χ0v) is 20.6. The Morgan fingerprint density at radius 2 is 1.86 bits per heavy atom. The first-order valence-corrected chi connectivity index (χ1v) is 13.2. The molecule has 0 spiro atoms. The van der Waals surface area contributed by atoms with Gasteiger partial charge in [0.15, 0.2) is 0 Å². The van der Waals surface area contributed by atoms with E-state index in [1.165, 1.54) is 4.90 Å². The number of hydrogen-bond donors (Lipinski definition) is 1. The van der Waals surface area contributed by atoms with Crippen molar-refractivity contribution in [3.8, 4) is 0 Å². The Morgan fingerprint density at radius 3 is 2.59 bits per heavy atom. The van der Waals surface area contributed by atoms with Gasteiger partial charge in [-0.2, -0.15) is 13.2 Å². The predicted molar refractivity (Wildman–Crippen MR) is 129 cm³/mol. The maximum atomic E-state index is 13.0. The summed E-state index contributed by atoms with van der Waals surface area (Å²) in [4.78, 5) is 43.0. The molecule has 1 saturated carbocycles. The third-order valence-electron chi connectivity index (χ3n) is 8.15. The smallest absolute Gasteiger partial charge is 0.376 e. The minimum atomic E-state index is -4.11. The monoisotopic (exact) mass is 519 g/mol. The Bertz CT molecular complexity index is 1080. The lowest BCUT2D eigenvalue weighted by Crippen LogP contribution is -2.52. The Kier molecular flexibility index (Phi) is 7.38. The Hall–Kier alpha value is -2.75. The van der Waals surface area contributed by atoms with Gasteiger partial charge in [-0.1, -0.05) is 12.1 Å². The van der Waals surface area contributed by atoms with E-state index in [1.807, 2.05) is 18.3 Å². The number of benzene rings is 1. The molecule has 2 saturated heterocycles. The van der Waals surface area contributed by atoms with Gasteiger partial charge in [-0.15, -0.1) is 0 Å². The van der Waals surface area contributed by atoms with Gasteiger partial charge in [-0.05, 0) is 68.1 Å². The summed E-state index contributed by atoms with van der Waals surface area (Å²) in [6.07, 6.45) is 1.86. The second kappa shape index (κ2) is 10.6. The van der Waals surface area contributed by atoms with Crippen molar-refractivity contribution >= 4 is 23.9 Å². The second-order valence-electron chi connectivity index (χ2n) is 10.7. The number of hydrogen-bond acceptors (Lipinski definition) is 5. The zero-order chi connectivity index (χ0) is 26.2. The van der Waals surface area contributed by atoms with Crippen LogP contribution in [0.2, 0.25) is 0 Å². The number of imide groups is 1. The molecule has 3 heterocycles. The van der Waals surface area contributed by atoms with E-state index < -0.39 is 24.0 Å². The number of carbonyl (C=O) groups excluding carboxylic acids is 3. The first kappa shape index (κ1) is 25.9. The fourth-order valence-electron chi connectivity index (χ4n) is 6.00. The minimum absolute atomic E-state index is 0.0519. The summed E-state index contributed by atoms with van der Waals surface area (Å²) in [6.45, 7) is 0.960. The van der Waals surface area contributed by atoms with Crippen LogP contribution in [0.15, 0.2) is 23.2 Å². The van der Waals surface area contributed by atoms with E-state index in [4.69, 9.17) is 9.73 Å². The highest BCUT2D eigenvalue weighted by Gasteiger charge is 2.41. The largest absolute Gasteiger partial charge is 0.391 e. The van der Waals surface area contributed by atoms with E-state index in [0.29, 0.717) is 44.4 Å². The lowest BCUT2D eigenvalue weighted by molar-refractivity contribution is -0.182. The Morgan fingerprint density at radius 1 is 1.08 bits per heavy atom. The topological polar surface area (TPSA) is 88.1 Å². The van der Waals surface area contributed by atoms with Gasteiger partial charge < -0.3 is 9.64 Å². The van der Waals surface area contributed by atoms with Crippen molar-refractivity contribution in [2.45, 2.75) is 88.7 Å². The standard InChI is InChI=1S/C27H32F3N3O4/c28-27(29,30)19-6-3-16(4-7-19)14-31-21-2-1-11-37-23(21)13-17-5-8-20-18(12-17)15-33(26(20)36)22-9-10-24(34)32-25(22)35/h5,8,12,14,16,19,21-23H,1-4,6-7,9-11,13,15H2,(H,32,34,35)/b31-14+/t16?,19?,21-,22?,23+/m0/s1. The molecule has 7 nitrogen and oxygen atoms in total. The van der Waals surface area contributed by atoms with Crippen LogP contribution in [-0.4, -0.2) is 59.8 Å². The van der Waals surface area contributed by atoms with Crippen molar-refractivity contribution in [3.63, 3.8) is 0 Å². The number of fused-ring (bicyclic) bond motifs is 1. The van der Waals surface area contributed by atoms with Crippen LogP contribution in [0.5, 0.6) is 0 Å². The van der Waals surface area contributed by atoms with Crippen LogP contribution in [0.1, 0.15) is 72.9 Å². The van der Waals surface area contributed by atoms with Gasteiger partial charge in [0.2, 0.25) is 11.8 Å². The van der Waals surface area contributed by atoms with E-state index in [0.717, 1.165) is 24.0 Å². The van der Waals surface area contributed by atoms with E-state index in [1.54, 1.807) is 6.07 Å². The van der Waals surface area contributed by atoms with E-state index in [-0.39, 0.29) is 49.1 Å². The molecule has 37 heavy (non-hydrogen) atoms. The molecule has 0 bridgehead atoms. The number of nitrogens with one attached hydrogen (secondary N) is 1. The fourth-order valence-corrected chi connectivity index (χ4v) is 6.00. The molecular formula is C27H32F3N3O4. The Balaban J connectivity index is 1.21. The summed E-state index contributed by atoms with van der Waals surface area (Å²) in [7, 11) is 0. The fraction of sp³-hybridized carbons (Fsp3) is 0.630. The van der Waals surface area contributed by atoms with Gasteiger partial charge in [0.25, 0.3) is 5.91 Å². The number of aliphatic imine (C=N–C) groups is 1. The second-order valence-corrected chi connectivity index (χ2v) is 10.7. The number of rotatable bonds is 5. The van der Waals surface area contributed by atoms with E-state index >= 15 is 0 Å². The van der Waals surface area contributed by atoms with Crippen molar-refractivity contribution in [3.05, 3.63) is 34.9 Å². The normalized spacial score (nSPS) is 31.1. The van der Waals surface area contributed by atoms with Crippen molar-refractivity contribution in [2.75, 3.05) is 6.61 Å². The van der Waals surface area contributed by atoms with Crippen molar-refractivity contribution in [2.24, 2.45) is 16.8 Å². The molecule has 5 rings (SSSR count). The molecule has 1 aromatic rings. The van der Waals surface area contributed by atoms with Crippen LogP contribution in [-0.2, 0) is 27.3 Å². The molecule has 0 radical (unpaired) electrons. The maximum Gasteiger partial charge on any atom is 0.391 e. The summed E-state index contributed by atoms with van der Waals surface area (Å²) in [5.41, 5.74) is 2.43. The van der Waals surface area contributed by atoms with Crippen LogP contribution >= 0.6 is 0 Å². The third-order valence-corrected chi connectivity index (χ3v) is 8.15. The number of alkyl halides is 3. The number of nitrogens with zero attached hydrogens (tertiary/aromatic N) is 2. The maximum absolute atomic E-state index is 13.0. The highest BCUT2D eigenvalue weighted by molar-refractivity contribution is 6.05. The molecular weight excluding hydrogens is 487 g/mol. The average Bonchev–Trinajstić information content (AvgIpc) is 3.18. The van der Waals surface area contributed by atoms with Gasteiger partial charge in [0.1, 0.15) is 6.04 Å². The lowest BCUT2D eigenvalue weighted by atomic mass is 9.82. The molecule has 10 heteroatoms. The van der Waals surface area contributed by atoms with Crippen LogP contribution < -0.4 is 5.32 Å². The molecule has 3 aliphatic heterocycles. The molecule has 3 amide bonds. The molecule has 3 fully saturated rings.